The number of ether oxygens (including phenoxy) is 1. The molecule has 0 radical (unpaired) electrons. The van der Waals surface area contributed by atoms with Gasteiger partial charge in [0.2, 0.25) is 0 Å². The van der Waals surface area contributed by atoms with E-state index in [4.69, 9.17) is 10.5 Å². The summed E-state index contributed by atoms with van der Waals surface area (Å²) in [5, 5.41) is 1.86. The van der Waals surface area contributed by atoms with E-state index in [2.05, 4.69) is 6.92 Å². The molecular weight excluding hydrogens is 248 g/mol. The summed E-state index contributed by atoms with van der Waals surface area (Å²) in [6, 6.07) is 1.97. The van der Waals surface area contributed by atoms with E-state index >= 15 is 0 Å². The molecule has 100 valence electrons. The number of rotatable bonds is 3. The predicted molar refractivity (Wildman–Crippen MR) is 73.1 cm³/mol. The van der Waals surface area contributed by atoms with Gasteiger partial charge in [0.15, 0.2) is 0 Å². The first kappa shape index (κ1) is 13.4. The summed E-state index contributed by atoms with van der Waals surface area (Å²) in [4.78, 5) is 15.1. The van der Waals surface area contributed by atoms with Gasteiger partial charge in [0, 0.05) is 30.6 Å². The molecule has 0 aliphatic carbocycles. The second kappa shape index (κ2) is 5.71. The second-order valence-corrected chi connectivity index (χ2v) is 5.68. The van der Waals surface area contributed by atoms with Crippen LogP contribution in [-0.4, -0.2) is 37.0 Å². The van der Waals surface area contributed by atoms with Gasteiger partial charge in [0.05, 0.1) is 12.0 Å². The molecule has 0 aromatic carbocycles. The first-order chi connectivity index (χ1) is 8.67. The molecule has 1 aliphatic rings. The van der Waals surface area contributed by atoms with Crippen LogP contribution in [0.4, 0.5) is 0 Å². The molecule has 18 heavy (non-hydrogen) atoms. The Morgan fingerprint density at radius 3 is 3.06 bits per heavy atom. The van der Waals surface area contributed by atoms with Crippen molar-refractivity contribution in [2.24, 2.45) is 11.7 Å². The van der Waals surface area contributed by atoms with Gasteiger partial charge in [-0.3, -0.25) is 4.79 Å². The number of hydrogen-bond acceptors (Lipinski definition) is 4. The highest BCUT2D eigenvalue weighted by Crippen LogP contribution is 2.28. The molecule has 0 unspecified atom stereocenters. The molecule has 1 amide bonds. The zero-order chi connectivity index (χ0) is 13.1. The normalized spacial score (nSPS) is 24.1. The standard InChI is InChI=1S/C13H20N2O2S/c1-9-4-3-5-15(11(9)7-14)13(16)12-6-10(17-2)8-18-12/h6,8-9,11H,3-5,7,14H2,1-2H3/t9-,11+/m0/s1. The number of carbonyl (C=O) groups is 1. The Morgan fingerprint density at radius 2 is 2.44 bits per heavy atom. The smallest absolute Gasteiger partial charge is 0.264 e. The number of nitrogens with two attached hydrogens (primary N) is 1. The van der Waals surface area contributed by atoms with Crippen LogP contribution in [0.15, 0.2) is 11.4 Å². The number of likely N-dealkylation sites (tertiary alicyclic amines) is 1. The predicted octanol–water partition coefficient (Wildman–Crippen LogP) is 1.96. The van der Waals surface area contributed by atoms with Gasteiger partial charge in [0.1, 0.15) is 5.75 Å². The fraction of sp³-hybridized carbons (Fsp3) is 0.615. The van der Waals surface area contributed by atoms with Crippen LogP contribution in [0.3, 0.4) is 0 Å². The van der Waals surface area contributed by atoms with Crippen molar-refractivity contribution in [3.8, 4) is 5.75 Å². The number of hydrogen-bond donors (Lipinski definition) is 1. The number of carbonyl (C=O) groups excluding carboxylic acids is 1. The Balaban J connectivity index is 2.16. The van der Waals surface area contributed by atoms with Crippen LogP contribution in [0, 0.1) is 5.92 Å². The lowest BCUT2D eigenvalue weighted by Gasteiger charge is -2.39. The van der Waals surface area contributed by atoms with Gasteiger partial charge < -0.3 is 15.4 Å². The van der Waals surface area contributed by atoms with E-state index in [0.29, 0.717) is 12.5 Å². The summed E-state index contributed by atoms with van der Waals surface area (Å²) in [6.07, 6.45) is 2.21. The largest absolute Gasteiger partial charge is 0.496 e. The fourth-order valence-electron chi connectivity index (χ4n) is 2.54. The Kier molecular flexibility index (Phi) is 4.24. The molecule has 2 heterocycles. The third-order valence-corrected chi connectivity index (χ3v) is 4.54. The highest BCUT2D eigenvalue weighted by Gasteiger charge is 2.31. The average molecular weight is 268 g/mol. The van der Waals surface area contributed by atoms with E-state index in [1.165, 1.54) is 11.3 Å². The monoisotopic (exact) mass is 268 g/mol. The highest BCUT2D eigenvalue weighted by atomic mass is 32.1. The fourth-order valence-corrected chi connectivity index (χ4v) is 3.35. The van der Waals surface area contributed by atoms with Crippen LogP contribution < -0.4 is 10.5 Å². The third kappa shape index (κ3) is 2.52. The van der Waals surface area contributed by atoms with E-state index in [-0.39, 0.29) is 11.9 Å². The van der Waals surface area contributed by atoms with E-state index in [9.17, 15) is 4.79 Å². The van der Waals surface area contributed by atoms with Crippen molar-refractivity contribution in [2.75, 3.05) is 20.2 Å². The Morgan fingerprint density at radius 1 is 1.67 bits per heavy atom. The summed E-state index contributed by atoms with van der Waals surface area (Å²) in [6.45, 7) is 3.52. The van der Waals surface area contributed by atoms with Gasteiger partial charge in [-0.25, -0.2) is 0 Å². The van der Waals surface area contributed by atoms with Crippen LogP contribution in [0.2, 0.25) is 0 Å². The number of thiophene rings is 1. The van der Waals surface area contributed by atoms with Crippen molar-refractivity contribution in [2.45, 2.75) is 25.8 Å². The molecule has 1 aliphatic heterocycles. The van der Waals surface area contributed by atoms with Crippen LogP contribution in [0.5, 0.6) is 5.75 Å². The number of piperidine rings is 1. The quantitative estimate of drug-likeness (QED) is 0.911. The molecule has 4 nitrogen and oxygen atoms in total. The van der Waals surface area contributed by atoms with Crippen molar-refractivity contribution in [3.63, 3.8) is 0 Å². The Hall–Kier alpha value is -1.07. The third-order valence-electron chi connectivity index (χ3n) is 3.64. The molecular formula is C13H20N2O2S. The summed E-state index contributed by atoms with van der Waals surface area (Å²) in [7, 11) is 1.61. The van der Waals surface area contributed by atoms with Gasteiger partial charge in [-0.1, -0.05) is 6.92 Å². The van der Waals surface area contributed by atoms with Crippen molar-refractivity contribution >= 4 is 17.2 Å². The van der Waals surface area contributed by atoms with E-state index < -0.39 is 0 Å². The van der Waals surface area contributed by atoms with E-state index in [0.717, 1.165) is 30.0 Å². The summed E-state index contributed by atoms with van der Waals surface area (Å²) >= 11 is 1.43. The number of methoxy groups -OCH3 is 1. The maximum absolute atomic E-state index is 12.5. The molecule has 0 spiro atoms. The molecule has 5 heteroatoms. The zero-order valence-electron chi connectivity index (χ0n) is 10.9. The molecule has 1 fully saturated rings. The lowest BCUT2D eigenvalue weighted by molar-refractivity contribution is 0.0537. The molecule has 1 aromatic heterocycles. The van der Waals surface area contributed by atoms with Crippen LogP contribution in [0.25, 0.3) is 0 Å². The zero-order valence-corrected chi connectivity index (χ0v) is 11.7. The molecule has 2 rings (SSSR count). The van der Waals surface area contributed by atoms with Crippen LogP contribution in [0.1, 0.15) is 29.4 Å². The van der Waals surface area contributed by atoms with Crippen molar-refractivity contribution in [3.05, 3.63) is 16.3 Å². The van der Waals surface area contributed by atoms with E-state index in [1.54, 1.807) is 13.2 Å². The minimum absolute atomic E-state index is 0.0882. The Labute approximate surface area is 112 Å². The molecule has 2 atom stereocenters. The second-order valence-electron chi connectivity index (χ2n) is 4.77. The maximum Gasteiger partial charge on any atom is 0.264 e. The first-order valence-electron chi connectivity index (χ1n) is 6.31. The molecule has 2 N–H and O–H groups in total. The van der Waals surface area contributed by atoms with Gasteiger partial charge >= 0.3 is 0 Å². The molecule has 0 saturated carbocycles. The SMILES string of the molecule is COc1csc(C(=O)N2CCC[C@H](C)[C@H]2CN)c1. The topological polar surface area (TPSA) is 55.6 Å². The van der Waals surface area contributed by atoms with Gasteiger partial charge in [0.25, 0.3) is 5.91 Å². The summed E-state index contributed by atoms with van der Waals surface area (Å²) in [5.41, 5.74) is 5.82. The summed E-state index contributed by atoms with van der Waals surface area (Å²) in [5.74, 6) is 1.32. The molecule has 0 bridgehead atoms. The molecule has 1 aromatic rings. The van der Waals surface area contributed by atoms with Crippen molar-refractivity contribution < 1.29 is 9.53 Å². The minimum Gasteiger partial charge on any atom is -0.496 e. The number of nitrogens with zero attached hydrogens (tertiary/aromatic N) is 1. The van der Waals surface area contributed by atoms with Gasteiger partial charge in [-0.05, 0) is 18.8 Å². The van der Waals surface area contributed by atoms with Crippen molar-refractivity contribution in [1.82, 2.24) is 4.90 Å². The summed E-state index contributed by atoms with van der Waals surface area (Å²) < 4.78 is 5.12. The average Bonchev–Trinajstić information content (AvgIpc) is 2.86. The lowest BCUT2D eigenvalue weighted by atomic mass is 9.90. The van der Waals surface area contributed by atoms with E-state index in [1.807, 2.05) is 10.3 Å². The highest BCUT2D eigenvalue weighted by molar-refractivity contribution is 7.12. The number of amides is 1. The molecule has 1 saturated heterocycles. The van der Waals surface area contributed by atoms with Gasteiger partial charge in [-0.2, -0.15) is 0 Å². The first-order valence-corrected chi connectivity index (χ1v) is 7.19. The van der Waals surface area contributed by atoms with Crippen LogP contribution >= 0.6 is 11.3 Å². The lowest BCUT2D eigenvalue weighted by Crippen LogP contribution is -2.51. The Bertz CT molecular complexity index is 419. The van der Waals surface area contributed by atoms with Crippen molar-refractivity contribution in [1.29, 1.82) is 0 Å². The van der Waals surface area contributed by atoms with Crippen LogP contribution in [-0.2, 0) is 0 Å². The van der Waals surface area contributed by atoms with Gasteiger partial charge in [-0.15, -0.1) is 11.3 Å². The minimum atomic E-state index is 0.0882. The maximum atomic E-state index is 12.5.